The molecule has 0 fully saturated rings. The first kappa shape index (κ1) is 11.2. The SMILES string of the molecule is CC(C)C(CO)Cc1c[nH]c2ccccc12. The van der Waals surface area contributed by atoms with Gasteiger partial charge in [0, 0.05) is 23.7 Å². The Kier molecular flexibility index (Phi) is 3.30. The molecule has 86 valence electrons. The van der Waals surface area contributed by atoms with Crippen LogP contribution in [0.3, 0.4) is 0 Å². The van der Waals surface area contributed by atoms with E-state index in [1.165, 1.54) is 16.5 Å². The number of aliphatic hydroxyl groups is 1. The van der Waals surface area contributed by atoms with Crippen molar-refractivity contribution in [3.8, 4) is 0 Å². The van der Waals surface area contributed by atoms with E-state index in [1.807, 2.05) is 6.07 Å². The number of hydrogen-bond acceptors (Lipinski definition) is 1. The number of nitrogens with one attached hydrogen (secondary N) is 1. The van der Waals surface area contributed by atoms with Crippen molar-refractivity contribution in [2.45, 2.75) is 20.3 Å². The van der Waals surface area contributed by atoms with Crippen LogP contribution in [0.2, 0.25) is 0 Å². The first-order valence-electron chi connectivity index (χ1n) is 5.88. The molecule has 0 aliphatic rings. The Morgan fingerprint density at radius 3 is 2.69 bits per heavy atom. The molecule has 16 heavy (non-hydrogen) atoms. The van der Waals surface area contributed by atoms with E-state index in [9.17, 15) is 5.11 Å². The molecule has 2 heteroatoms. The number of rotatable bonds is 4. The van der Waals surface area contributed by atoms with Crippen LogP contribution in [0.4, 0.5) is 0 Å². The first-order chi connectivity index (χ1) is 7.72. The molecule has 0 amide bonds. The summed E-state index contributed by atoms with van der Waals surface area (Å²) in [5.41, 5.74) is 2.49. The van der Waals surface area contributed by atoms with Crippen LogP contribution >= 0.6 is 0 Å². The van der Waals surface area contributed by atoms with E-state index in [2.05, 4.69) is 43.2 Å². The summed E-state index contributed by atoms with van der Waals surface area (Å²) in [6.07, 6.45) is 3.01. The van der Waals surface area contributed by atoms with Crippen LogP contribution in [0.25, 0.3) is 10.9 Å². The highest BCUT2D eigenvalue weighted by atomic mass is 16.3. The van der Waals surface area contributed by atoms with E-state index >= 15 is 0 Å². The fourth-order valence-corrected chi connectivity index (χ4v) is 2.09. The highest BCUT2D eigenvalue weighted by Crippen LogP contribution is 2.23. The highest BCUT2D eigenvalue weighted by Gasteiger charge is 2.14. The van der Waals surface area contributed by atoms with Crippen molar-refractivity contribution >= 4 is 10.9 Å². The van der Waals surface area contributed by atoms with Crippen LogP contribution in [0.5, 0.6) is 0 Å². The zero-order valence-electron chi connectivity index (χ0n) is 9.90. The normalized spacial score (nSPS) is 13.5. The minimum Gasteiger partial charge on any atom is -0.396 e. The Balaban J connectivity index is 2.27. The van der Waals surface area contributed by atoms with Gasteiger partial charge in [-0.3, -0.25) is 0 Å². The van der Waals surface area contributed by atoms with Crippen LogP contribution in [0.15, 0.2) is 30.5 Å². The Morgan fingerprint density at radius 2 is 2.00 bits per heavy atom. The second-order valence-corrected chi connectivity index (χ2v) is 4.75. The Bertz CT molecular complexity index is 458. The molecular formula is C14H19NO. The number of hydrogen-bond donors (Lipinski definition) is 2. The van der Waals surface area contributed by atoms with E-state index in [-0.39, 0.29) is 6.61 Å². The van der Waals surface area contributed by atoms with Gasteiger partial charge in [-0.15, -0.1) is 0 Å². The third-order valence-electron chi connectivity index (χ3n) is 3.33. The second-order valence-electron chi connectivity index (χ2n) is 4.75. The van der Waals surface area contributed by atoms with E-state index in [4.69, 9.17) is 0 Å². The van der Waals surface area contributed by atoms with Crippen molar-refractivity contribution in [1.82, 2.24) is 4.98 Å². The number of aromatic nitrogens is 1. The van der Waals surface area contributed by atoms with Gasteiger partial charge in [0.25, 0.3) is 0 Å². The quantitative estimate of drug-likeness (QED) is 0.811. The average Bonchev–Trinajstić information content (AvgIpc) is 2.69. The van der Waals surface area contributed by atoms with Crippen molar-refractivity contribution < 1.29 is 5.11 Å². The third kappa shape index (κ3) is 2.12. The second kappa shape index (κ2) is 4.71. The Hall–Kier alpha value is -1.28. The molecule has 0 saturated heterocycles. The number of fused-ring (bicyclic) bond motifs is 1. The van der Waals surface area contributed by atoms with Crippen molar-refractivity contribution in [2.75, 3.05) is 6.61 Å². The summed E-state index contributed by atoms with van der Waals surface area (Å²) >= 11 is 0. The Labute approximate surface area is 96.3 Å². The van der Waals surface area contributed by atoms with Gasteiger partial charge in [-0.05, 0) is 29.9 Å². The predicted molar refractivity (Wildman–Crippen MR) is 67.4 cm³/mol. The van der Waals surface area contributed by atoms with Gasteiger partial charge in [0.15, 0.2) is 0 Å². The first-order valence-corrected chi connectivity index (χ1v) is 5.88. The lowest BCUT2D eigenvalue weighted by Crippen LogP contribution is -2.16. The smallest absolute Gasteiger partial charge is 0.0464 e. The molecule has 0 aliphatic carbocycles. The number of benzene rings is 1. The van der Waals surface area contributed by atoms with Gasteiger partial charge < -0.3 is 10.1 Å². The molecule has 1 heterocycles. The molecule has 2 rings (SSSR count). The summed E-state index contributed by atoms with van der Waals surface area (Å²) in [4.78, 5) is 3.27. The van der Waals surface area contributed by atoms with Crippen LogP contribution in [0.1, 0.15) is 19.4 Å². The van der Waals surface area contributed by atoms with E-state index in [0.29, 0.717) is 11.8 Å². The van der Waals surface area contributed by atoms with Crippen molar-refractivity contribution in [1.29, 1.82) is 0 Å². The molecule has 2 nitrogen and oxygen atoms in total. The number of aromatic amines is 1. The van der Waals surface area contributed by atoms with Crippen molar-refractivity contribution in [2.24, 2.45) is 11.8 Å². The zero-order chi connectivity index (χ0) is 11.5. The lowest BCUT2D eigenvalue weighted by atomic mass is 9.90. The lowest BCUT2D eigenvalue weighted by molar-refractivity contribution is 0.189. The van der Waals surface area contributed by atoms with Crippen LogP contribution < -0.4 is 0 Å². The molecule has 0 saturated carbocycles. The lowest BCUT2D eigenvalue weighted by Gasteiger charge is -2.17. The fourth-order valence-electron chi connectivity index (χ4n) is 2.09. The van der Waals surface area contributed by atoms with Crippen molar-refractivity contribution in [3.05, 3.63) is 36.0 Å². The molecule has 0 bridgehead atoms. The molecular weight excluding hydrogens is 198 g/mol. The molecule has 0 aliphatic heterocycles. The minimum absolute atomic E-state index is 0.261. The molecule has 1 aromatic heterocycles. The predicted octanol–water partition coefficient (Wildman–Crippen LogP) is 2.97. The molecule has 2 N–H and O–H groups in total. The van der Waals surface area contributed by atoms with E-state index in [0.717, 1.165) is 6.42 Å². The monoisotopic (exact) mass is 217 g/mol. The van der Waals surface area contributed by atoms with E-state index in [1.54, 1.807) is 0 Å². The maximum Gasteiger partial charge on any atom is 0.0464 e. The van der Waals surface area contributed by atoms with Gasteiger partial charge >= 0.3 is 0 Å². The maximum absolute atomic E-state index is 9.36. The fraction of sp³-hybridized carbons (Fsp3) is 0.429. The maximum atomic E-state index is 9.36. The average molecular weight is 217 g/mol. The number of aliphatic hydroxyl groups excluding tert-OH is 1. The summed E-state index contributed by atoms with van der Waals surface area (Å²) in [5.74, 6) is 0.859. The molecule has 1 unspecified atom stereocenters. The van der Waals surface area contributed by atoms with Gasteiger partial charge in [0.2, 0.25) is 0 Å². The zero-order valence-corrected chi connectivity index (χ0v) is 9.90. The van der Waals surface area contributed by atoms with Gasteiger partial charge in [0.1, 0.15) is 0 Å². The van der Waals surface area contributed by atoms with Gasteiger partial charge in [-0.1, -0.05) is 32.0 Å². The summed E-state index contributed by atoms with van der Waals surface area (Å²) in [6.45, 7) is 4.59. The van der Waals surface area contributed by atoms with Crippen LogP contribution in [-0.4, -0.2) is 16.7 Å². The standard InChI is InChI=1S/C14H19NO/c1-10(2)12(9-16)7-11-8-15-14-6-4-3-5-13(11)14/h3-6,8,10,12,15-16H,7,9H2,1-2H3. The number of H-pyrrole nitrogens is 1. The van der Waals surface area contributed by atoms with Crippen molar-refractivity contribution in [3.63, 3.8) is 0 Å². The highest BCUT2D eigenvalue weighted by molar-refractivity contribution is 5.83. The summed E-state index contributed by atoms with van der Waals surface area (Å²) in [6, 6.07) is 8.32. The Morgan fingerprint density at radius 1 is 1.25 bits per heavy atom. The van der Waals surface area contributed by atoms with Gasteiger partial charge in [0.05, 0.1) is 0 Å². The van der Waals surface area contributed by atoms with Crippen LogP contribution in [-0.2, 0) is 6.42 Å². The minimum atomic E-state index is 0.261. The van der Waals surface area contributed by atoms with Gasteiger partial charge in [-0.25, -0.2) is 0 Å². The third-order valence-corrected chi connectivity index (χ3v) is 3.33. The molecule has 1 aromatic carbocycles. The topological polar surface area (TPSA) is 36.0 Å². The molecule has 2 aromatic rings. The molecule has 1 atom stereocenters. The summed E-state index contributed by atoms with van der Waals surface area (Å²) < 4.78 is 0. The summed E-state index contributed by atoms with van der Waals surface area (Å²) in [7, 11) is 0. The summed E-state index contributed by atoms with van der Waals surface area (Å²) in [5, 5.41) is 10.6. The van der Waals surface area contributed by atoms with Gasteiger partial charge in [-0.2, -0.15) is 0 Å². The largest absolute Gasteiger partial charge is 0.396 e. The molecule has 0 radical (unpaired) electrons. The number of para-hydroxylation sites is 1. The van der Waals surface area contributed by atoms with Crippen LogP contribution in [0, 0.1) is 11.8 Å². The molecule has 0 spiro atoms. The van der Waals surface area contributed by atoms with E-state index < -0.39 is 0 Å².